The summed E-state index contributed by atoms with van der Waals surface area (Å²) in [7, 11) is -3.47. The summed E-state index contributed by atoms with van der Waals surface area (Å²) in [5, 5.41) is 0.870. The summed E-state index contributed by atoms with van der Waals surface area (Å²) in [5.74, 6) is 1.63. The highest BCUT2D eigenvalue weighted by atomic mass is 32.2. The zero-order valence-corrected chi connectivity index (χ0v) is 18.2. The summed E-state index contributed by atoms with van der Waals surface area (Å²) in [6.07, 6.45) is 4.28. The Morgan fingerprint density at radius 2 is 1.60 bits per heavy atom. The molecule has 2 heterocycles. The molecule has 1 aliphatic rings. The molecule has 0 spiro atoms. The second-order valence-electron chi connectivity index (χ2n) is 7.05. The van der Waals surface area contributed by atoms with Gasteiger partial charge in [-0.15, -0.1) is 11.8 Å². The third-order valence-electron chi connectivity index (χ3n) is 4.99. The lowest BCUT2D eigenvalue weighted by atomic mass is 10.2. The van der Waals surface area contributed by atoms with Crippen LogP contribution in [0.3, 0.4) is 0 Å². The van der Waals surface area contributed by atoms with Crippen molar-refractivity contribution in [1.82, 2.24) is 14.3 Å². The van der Waals surface area contributed by atoms with Gasteiger partial charge in [-0.05, 0) is 24.1 Å². The van der Waals surface area contributed by atoms with Crippen molar-refractivity contribution in [3.05, 3.63) is 78.6 Å². The minimum absolute atomic E-state index is 0.345. The number of rotatable bonds is 6. The monoisotopic (exact) mass is 440 g/mol. The second-order valence-corrected chi connectivity index (χ2v) is 9.98. The van der Waals surface area contributed by atoms with E-state index >= 15 is 0 Å². The van der Waals surface area contributed by atoms with Crippen molar-refractivity contribution >= 4 is 27.6 Å². The zero-order chi connectivity index (χ0) is 20.8. The molecule has 6 nitrogen and oxygen atoms in total. The molecule has 1 fully saturated rings. The average Bonchev–Trinajstić information content (AvgIpc) is 3.06. The molecule has 156 valence electrons. The summed E-state index contributed by atoms with van der Waals surface area (Å²) in [6, 6.07) is 18.9. The van der Waals surface area contributed by atoms with Crippen LogP contribution < -0.4 is 4.90 Å². The van der Waals surface area contributed by atoms with Gasteiger partial charge < -0.3 is 4.90 Å². The van der Waals surface area contributed by atoms with E-state index in [4.69, 9.17) is 4.98 Å². The van der Waals surface area contributed by atoms with E-state index in [-0.39, 0.29) is 0 Å². The molecule has 0 aliphatic carbocycles. The summed E-state index contributed by atoms with van der Waals surface area (Å²) < 4.78 is 27.4. The van der Waals surface area contributed by atoms with E-state index in [1.807, 2.05) is 24.3 Å². The normalized spacial score (nSPS) is 15.7. The number of nitrogens with zero attached hydrogens (tertiary/aromatic N) is 4. The van der Waals surface area contributed by atoms with Gasteiger partial charge in [-0.2, -0.15) is 4.31 Å². The molecule has 30 heavy (non-hydrogen) atoms. The first-order valence-electron chi connectivity index (χ1n) is 9.92. The van der Waals surface area contributed by atoms with Gasteiger partial charge in [0.05, 0.1) is 17.3 Å². The van der Waals surface area contributed by atoms with E-state index in [0.717, 1.165) is 29.6 Å². The highest BCUT2D eigenvalue weighted by molar-refractivity contribution is 7.98. The van der Waals surface area contributed by atoms with Crippen LogP contribution in [-0.4, -0.2) is 48.9 Å². The molecule has 3 aromatic rings. The molecule has 0 N–H and O–H groups in total. The number of anilines is 1. The quantitative estimate of drug-likeness (QED) is 0.545. The summed E-state index contributed by atoms with van der Waals surface area (Å²) in [4.78, 5) is 11.6. The van der Waals surface area contributed by atoms with Crippen LogP contribution >= 0.6 is 11.8 Å². The van der Waals surface area contributed by atoms with Crippen LogP contribution in [0, 0.1) is 0 Å². The molecule has 1 aliphatic heterocycles. The Hall–Kier alpha value is -2.42. The van der Waals surface area contributed by atoms with Crippen molar-refractivity contribution in [2.24, 2.45) is 0 Å². The van der Waals surface area contributed by atoms with E-state index in [2.05, 4.69) is 22.0 Å². The average molecular weight is 441 g/mol. The Balaban J connectivity index is 1.42. The Kier molecular flexibility index (Phi) is 6.66. The predicted octanol–water partition coefficient (Wildman–Crippen LogP) is 3.67. The van der Waals surface area contributed by atoms with E-state index in [1.54, 1.807) is 52.7 Å². The number of hydrogen-bond donors (Lipinski definition) is 0. The van der Waals surface area contributed by atoms with Gasteiger partial charge in [-0.3, -0.25) is 4.98 Å². The molecule has 1 saturated heterocycles. The van der Waals surface area contributed by atoms with Gasteiger partial charge in [0.25, 0.3) is 0 Å². The predicted molar refractivity (Wildman–Crippen MR) is 120 cm³/mol. The van der Waals surface area contributed by atoms with Crippen molar-refractivity contribution in [2.45, 2.75) is 22.1 Å². The molecule has 1 aromatic heterocycles. The summed E-state index contributed by atoms with van der Waals surface area (Å²) in [6.45, 7) is 2.28. The SMILES string of the molecule is O=S(=O)(c1ccccc1)N1CCCN(c2cncc(SCc3ccccc3)n2)CC1. The Bertz CT molecular complexity index is 1060. The Labute approximate surface area is 182 Å². The molecule has 0 atom stereocenters. The Morgan fingerprint density at radius 3 is 2.37 bits per heavy atom. The first kappa shape index (κ1) is 20.8. The number of aromatic nitrogens is 2. The van der Waals surface area contributed by atoms with Crippen LogP contribution in [0.4, 0.5) is 5.82 Å². The van der Waals surface area contributed by atoms with E-state index in [9.17, 15) is 8.42 Å². The first-order valence-corrected chi connectivity index (χ1v) is 12.3. The van der Waals surface area contributed by atoms with Gasteiger partial charge >= 0.3 is 0 Å². The van der Waals surface area contributed by atoms with Crippen molar-refractivity contribution in [3.63, 3.8) is 0 Å². The second kappa shape index (κ2) is 9.59. The van der Waals surface area contributed by atoms with E-state index < -0.39 is 10.0 Å². The van der Waals surface area contributed by atoms with Crippen LogP contribution in [0.2, 0.25) is 0 Å². The molecular weight excluding hydrogens is 416 g/mol. The largest absolute Gasteiger partial charge is 0.354 e. The maximum absolute atomic E-state index is 12.9. The molecular formula is C22H24N4O2S2. The molecule has 0 unspecified atom stereocenters. The fraction of sp³-hybridized carbons (Fsp3) is 0.273. The van der Waals surface area contributed by atoms with E-state index in [0.29, 0.717) is 24.5 Å². The first-order chi connectivity index (χ1) is 14.6. The smallest absolute Gasteiger partial charge is 0.243 e. The van der Waals surface area contributed by atoms with Crippen molar-refractivity contribution in [1.29, 1.82) is 0 Å². The maximum atomic E-state index is 12.9. The molecule has 0 bridgehead atoms. The molecule has 8 heteroatoms. The topological polar surface area (TPSA) is 66.4 Å². The molecule has 0 saturated carbocycles. The van der Waals surface area contributed by atoms with Crippen molar-refractivity contribution in [3.8, 4) is 0 Å². The minimum atomic E-state index is -3.47. The maximum Gasteiger partial charge on any atom is 0.243 e. The fourth-order valence-electron chi connectivity index (χ4n) is 3.40. The lowest BCUT2D eigenvalue weighted by molar-refractivity contribution is 0.433. The van der Waals surface area contributed by atoms with Crippen LogP contribution in [0.25, 0.3) is 0 Å². The van der Waals surface area contributed by atoms with Crippen LogP contribution in [0.1, 0.15) is 12.0 Å². The third kappa shape index (κ3) is 5.00. The molecule has 0 amide bonds. The number of benzene rings is 2. The van der Waals surface area contributed by atoms with E-state index in [1.165, 1.54) is 5.56 Å². The Morgan fingerprint density at radius 1 is 0.867 bits per heavy atom. The molecule has 4 rings (SSSR count). The standard InChI is InChI=1S/C22H24N4O2S2/c27-30(28,20-10-5-2-6-11-20)26-13-7-12-25(14-15-26)21-16-23-17-22(24-21)29-18-19-8-3-1-4-9-19/h1-6,8-11,16-17H,7,12-15,18H2. The minimum Gasteiger partial charge on any atom is -0.354 e. The molecule has 2 aromatic carbocycles. The van der Waals surface area contributed by atoms with Gasteiger partial charge in [0.15, 0.2) is 0 Å². The summed E-state index contributed by atoms with van der Waals surface area (Å²) >= 11 is 1.65. The highest BCUT2D eigenvalue weighted by Gasteiger charge is 2.27. The fourth-order valence-corrected chi connectivity index (χ4v) is 5.69. The van der Waals surface area contributed by atoms with Gasteiger partial charge in [-0.1, -0.05) is 48.5 Å². The highest BCUT2D eigenvalue weighted by Crippen LogP contribution is 2.24. The lowest BCUT2D eigenvalue weighted by Gasteiger charge is -2.22. The van der Waals surface area contributed by atoms with Gasteiger partial charge in [-0.25, -0.2) is 13.4 Å². The van der Waals surface area contributed by atoms with Gasteiger partial charge in [0.1, 0.15) is 10.8 Å². The number of sulfonamides is 1. The van der Waals surface area contributed by atoms with Gasteiger partial charge in [0, 0.05) is 31.9 Å². The van der Waals surface area contributed by atoms with Crippen LogP contribution in [0.15, 0.2) is 83.0 Å². The zero-order valence-electron chi connectivity index (χ0n) is 16.6. The molecule has 0 radical (unpaired) electrons. The number of thioether (sulfide) groups is 1. The van der Waals surface area contributed by atoms with Gasteiger partial charge in [0.2, 0.25) is 10.0 Å². The third-order valence-corrected chi connectivity index (χ3v) is 7.87. The van der Waals surface area contributed by atoms with Crippen LogP contribution in [-0.2, 0) is 15.8 Å². The van der Waals surface area contributed by atoms with Crippen molar-refractivity contribution < 1.29 is 8.42 Å². The lowest BCUT2D eigenvalue weighted by Crippen LogP contribution is -2.35. The van der Waals surface area contributed by atoms with Crippen LogP contribution in [0.5, 0.6) is 0 Å². The number of hydrogen-bond acceptors (Lipinski definition) is 6. The summed E-state index contributed by atoms with van der Waals surface area (Å²) in [5.41, 5.74) is 1.24. The van der Waals surface area contributed by atoms with Crippen molar-refractivity contribution in [2.75, 3.05) is 31.1 Å².